The smallest absolute Gasteiger partial charge is 0.336 e. The average molecular weight is 321 g/mol. The first-order valence-electron chi connectivity index (χ1n) is 7.48. The summed E-state index contributed by atoms with van der Waals surface area (Å²) in [5.74, 6) is -0.366. The molecule has 6 heteroatoms. The van der Waals surface area contributed by atoms with Gasteiger partial charge in [0, 0.05) is 13.0 Å². The molecule has 22 heavy (non-hydrogen) atoms. The predicted molar refractivity (Wildman–Crippen MR) is 81.5 cm³/mol. The van der Waals surface area contributed by atoms with Crippen LogP contribution in [-0.2, 0) is 19.6 Å². The normalized spacial score (nSPS) is 21.3. The van der Waals surface area contributed by atoms with E-state index >= 15 is 0 Å². The Hall–Kier alpha value is -1.82. The van der Waals surface area contributed by atoms with E-state index in [4.69, 9.17) is 4.74 Å². The molecule has 0 aromatic heterocycles. The van der Waals surface area contributed by atoms with Gasteiger partial charge >= 0.3 is 5.97 Å². The van der Waals surface area contributed by atoms with E-state index in [-0.39, 0.29) is 10.9 Å². The summed E-state index contributed by atoms with van der Waals surface area (Å²) in [7, 11) is -3.64. The first kappa shape index (κ1) is 15.1. The van der Waals surface area contributed by atoms with Crippen LogP contribution in [0.5, 0.6) is 0 Å². The van der Waals surface area contributed by atoms with Crippen LogP contribution in [0.2, 0.25) is 0 Å². The fraction of sp³-hybridized carbons (Fsp3) is 0.438. The monoisotopic (exact) mass is 321 g/mol. The van der Waals surface area contributed by atoms with E-state index in [0.29, 0.717) is 30.7 Å². The standard InChI is InChI=1S/C16H19NO4S/c1-3-4-14-15-13(16(18)21-14)9-10-17(15)22(19,20)12-7-5-11(2)6-8-12/h5-8,14H,3-4,9-10H2,1-2H3. The number of carbonyl (C=O) groups is 1. The van der Waals surface area contributed by atoms with Crippen LogP contribution in [0.15, 0.2) is 40.4 Å². The Morgan fingerprint density at radius 1 is 1.27 bits per heavy atom. The summed E-state index contributed by atoms with van der Waals surface area (Å²) in [6.07, 6.45) is 1.46. The molecule has 0 fully saturated rings. The number of nitrogens with zero attached hydrogens (tertiary/aromatic N) is 1. The first-order chi connectivity index (χ1) is 10.4. The molecule has 0 N–H and O–H groups in total. The number of sulfonamides is 1. The topological polar surface area (TPSA) is 63.7 Å². The lowest BCUT2D eigenvalue weighted by atomic mass is 10.1. The number of carbonyl (C=O) groups excluding carboxylic acids is 1. The second kappa shape index (κ2) is 5.43. The molecule has 0 aliphatic carbocycles. The molecule has 2 aliphatic heterocycles. The van der Waals surface area contributed by atoms with Gasteiger partial charge in [-0.2, -0.15) is 0 Å². The molecule has 1 aromatic carbocycles. The molecule has 5 nitrogen and oxygen atoms in total. The van der Waals surface area contributed by atoms with Crippen molar-refractivity contribution in [1.82, 2.24) is 4.31 Å². The van der Waals surface area contributed by atoms with Crippen molar-refractivity contribution in [1.29, 1.82) is 0 Å². The predicted octanol–water partition coefficient (Wildman–Crippen LogP) is 2.37. The van der Waals surface area contributed by atoms with Gasteiger partial charge < -0.3 is 4.74 Å². The quantitative estimate of drug-likeness (QED) is 0.799. The van der Waals surface area contributed by atoms with Gasteiger partial charge in [-0.3, -0.25) is 4.31 Å². The largest absolute Gasteiger partial charge is 0.452 e. The molecule has 0 bridgehead atoms. The summed E-state index contributed by atoms with van der Waals surface area (Å²) in [6.45, 7) is 4.21. The molecule has 2 aliphatic rings. The van der Waals surface area contributed by atoms with Gasteiger partial charge in [-0.05, 0) is 25.5 Å². The van der Waals surface area contributed by atoms with Gasteiger partial charge in [0.2, 0.25) is 0 Å². The van der Waals surface area contributed by atoms with Crippen LogP contribution in [0.4, 0.5) is 0 Å². The van der Waals surface area contributed by atoms with E-state index in [2.05, 4.69) is 0 Å². The van der Waals surface area contributed by atoms with Crippen molar-refractivity contribution in [3.63, 3.8) is 0 Å². The Bertz CT molecular complexity index is 734. The highest BCUT2D eigenvalue weighted by atomic mass is 32.2. The highest BCUT2D eigenvalue weighted by molar-refractivity contribution is 7.89. The summed E-state index contributed by atoms with van der Waals surface area (Å²) in [5.41, 5.74) is 2.07. The van der Waals surface area contributed by atoms with Crippen molar-refractivity contribution >= 4 is 16.0 Å². The van der Waals surface area contributed by atoms with Crippen molar-refractivity contribution < 1.29 is 17.9 Å². The number of hydrogen-bond acceptors (Lipinski definition) is 4. The second-order valence-electron chi connectivity index (χ2n) is 5.69. The van der Waals surface area contributed by atoms with Crippen LogP contribution in [-0.4, -0.2) is 31.3 Å². The SMILES string of the molecule is CCCC1OC(=O)C2=C1N(S(=O)(=O)c1ccc(C)cc1)CC2. The molecule has 1 unspecified atom stereocenters. The van der Waals surface area contributed by atoms with Gasteiger partial charge in [0.15, 0.2) is 0 Å². The number of aryl methyl sites for hydroxylation is 1. The molecule has 0 saturated carbocycles. The van der Waals surface area contributed by atoms with Crippen molar-refractivity contribution in [2.24, 2.45) is 0 Å². The summed E-state index contributed by atoms with van der Waals surface area (Å²) >= 11 is 0. The fourth-order valence-electron chi connectivity index (χ4n) is 2.98. The van der Waals surface area contributed by atoms with Crippen molar-refractivity contribution in [3.8, 4) is 0 Å². The molecular formula is C16H19NO4S. The van der Waals surface area contributed by atoms with Gasteiger partial charge in [0.05, 0.1) is 16.2 Å². The van der Waals surface area contributed by atoms with Gasteiger partial charge in [0.1, 0.15) is 6.10 Å². The van der Waals surface area contributed by atoms with Gasteiger partial charge in [-0.1, -0.05) is 31.0 Å². The number of cyclic esters (lactones) is 1. The minimum atomic E-state index is -3.64. The van der Waals surface area contributed by atoms with Gasteiger partial charge in [-0.25, -0.2) is 13.2 Å². The van der Waals surface area contributed by atoms with E-state index < -0.39 is 16.1 Å². The minimum absolute atomic E-state index is 0.251. The first-order valence-corrected chi connectivity index (χ1v) is 8.92. The number of esters is 1. The third-order valence-corrected chi connectivity index (χ3v) is 5.93. The number of rotatable bonds is 4. The van der Waals surface area contributed by atoms with Crippen LogP contribution in [0.25, 0.3) is 0 Å². The summed E-state index contributed by atoms with van der Waals surface area (Å²) in [5, 5.41) is 0. The maximum atomic E-state index is 12.9. The van der Waals surface area contributed by atoms with Gasteiger partial charge in [-0.15, -0.1) is 0 Å². The molecule has 1 aromatic rings. The third kappa shape index (κ3) is 2.31. The zero-order valence-corrected chi connectivity index (χ0v) is 13.5. The van der Waals surface area contributed by atoms with Crippen LogP contribution in [0.1, 0.15) is 31.7 Å². The highest BCUT2D eigenvalue weighted by Gasteiger charge is 2.45. The number of ether oxygens (including phenoxy) is 1. The average Bonchev–Trinajstić information content (AvgIpc) is 3.03. The lowest BCUT2D eigenvalue weighted by Gasteiger charge is -2.25. The van der Waals surface area contributed by atoms with Crippen LogP contribution < -0.4 is 0 Å². The molecule has 118 valence electrons. The van der Waals surface area contributed by atoms with Crippen LogP contribution in [0.3, 0.4) is 0 Å². The molecule has 0 radical (unpaired) electrons. The molecule has 0 spiro atoms. The maximum Gasteiger partial charge on any atom is 0.336 e. The van der Waals surface area contributed by atoms with Gasteiger partial charge in [0.25, 0.3) is 10.0 Å². The number of benzene rings is 1. The zero-order chi connectivity index (χ0) is 15.9. The molecule has 1 atom stereocenters. The minimum Gasteiger partial charge on any atom is -0.452 e. The highest BCUT2D eigenvalue weighted by Crippen LogP contribution is 2.39. The maximum absolute atomic E-state index is 12.9. The molecule has 3 rings (SSSR count). The van der Waals surface area contributed by atoms with Crippen LogP contribution in [0, 0.1) is 6.92 Å². The zero-order valence-electron chi connectivity index (χ0n) is 12.7. The van der Waals surface area contributed by atoms with E-state index in [9.17, 15) is 13.2 Å². The van der Waals surface area contributed by atoms with Crippen molar-refractivity contribution in [2.45, 2.75) is 44.1 Å². The molecule has 0 saturated heterocycles. The van der Waals surface area contributed by atoms with Crippen LogP contribution >= 0.6 is 0 Å². The van der Waals surface area contributed by atoms with E-state index in [1.54, 1.807) is 24.3 Å². The summed E-state index contributed by atoms with van der Waals surface area (Å²) < 4.78 is 32.4. The molecule has 2 heterocycles. The summed E-state index contributed by atoms with van der Waals surface area (Å²) in [6, 6.07) is 6.77. The third-order valence-electron chi connectivity index (χ3n) is 4.10. The van der Waals surface area contributed by atoms with E-state index in [1.165, 1.54) is 4.31 Å². The van der Waals surface area contributed by atoms with Crippen molar-refractivity contribution in [2.75, 3.05) is 6.54 Å². The Balaban J connectivity index is 1.99. The Morgan fingerprint density at radius 2 is 1.95 bits per heavy atom. The summed E-state index contributed by atoms with van der Waals surface area (Å²) in [4.78, 5) is 12.1. The Morgan fingerprint density at radius 3 is 2.59 bits per heavy atom. The van der Waals surface area contributed by atoms with E-state index in [0.717, 1.165) is 12.0 Å². The lowest BCUT2D eigenvalue weighted by molar-refractivity contribution is -0.140. The van der Waals surface area contributed by atoms with E-state index in [1.807, 2.05) is 13.8 Å². The Labute approximate surface area is 130 Å². The molecule has 0 amide bonds. The second-order valence-corrected chi connectivity index (χ2v) is 7.55. The Kier molecular flexibility index (Phi) is 3.72. The lowest BCUT2D eigenvalue weighted by Crippen LogP contribution is -2.33. The molecular weight excluding hydrogens is 302 g/mol. The fourth-order valence-corrected chi connectivity index (χ4v) is 4.53. The van der Waals surface area contributed by atoms with Crippen molar-refractivity contribution in [3.05, 3.63) is 41.1 Å². The number of hydrogen-bond donors (Lipinski definition) is 0.